The molecule has 4 heterocycles. The summed E-state index contributed by atoms with van der Waals surface area (Å²) >= 11 is 7.93. The van der Waals surface area contributed by atoms with Crippen LogP contribution in [-0.4, -0.2) is 27.1 Å². The number of aromatic nitrogens is 3. The summed E-state index contributed by atoms with van der Waals surface area (Å²) in [5.41, 5.74) is 7.99. The highest BCUT2D eigenvalue weighted by molar-refractivity contribution is 7.98. The average Bonchev–Trinajstić information content (AvgIpc) is 3.22. The molecule has 0 atom stereocenters. The molecule has 6 nitrogen and oxygen atoms in total. The van der Waals surface area contributed by atoms with Gasteiger partial charge in [0, 0.05) is 65.3 Å². The van der Waals surface area contributed by atoms with Crippen molar-refractivity contribution in [2.75, 3.05) is 6.26 Å². The Kier molecular flexibility index (Phi) is 6.30. The summed E-state index contributed by atoms with van der Waals surface area (Å²) in [6.07, 6.45) is 10.1. The molecule has 0 bridgehead atoms. The molecule has 3 N–H and O–H groups in total. The molecular weight excluding hydrogens is 466 g/mol. The molecule has 0 spiro atoms. The van der Waals surface area contributed by atoms with E-state index < -0.39 is 0 Å². The number of carbonyl (C=O) groups is 1. The average molecular weight is 490 g/mol. The Morgan fingerprint density at radius 1 is 1.21 bits per heavy atom. The van der Waals surface area contributed by atoms with E-state index in [2.05, 4.69) is 57.0 Å². The van der Waals surface area contributed by atoms with Crippen LogP contribution in [0.2, 0.25) is 5.02 Å². The molecule has 0 saturated carbocycles. The second-order valence-corrected chi connectivity index (χ2v) is 9.57. The fraction of sp³-hybridized carbons (Fsp3) is 0.192. The van der Waals surface area contributed by atoms with Crippen molar-refractivity contribution in [3.8, 4) is 0 Å². The zero-order chi connectivity index (χ0) is 23.7. The molecule has 0 aliphatic carbocycles. The Hall–Kier alpha value is -3.29. The maximum atomic E-state index is 12.8. The van der Waals surface area contributed by atoms with Gasteiger partial charge < -0.3 is 15.6 Å². The first kappa shape index (κ1) is 22.5. The minimum Gasteiger partial charge on any atom is -0.384 e. The summed E-state index contributed by atoms with van der Waals surface area (Å²) in [6, 6.07) is 9.99. The maximum absolute atomic E-state index is 12.8. The van der Waals surface area contributed by atoms with Gasteiger partial charge in [-0.3, -0.25) is 9.78 Å². The number of amides is 1. The Balaban J connectivity index is 1.31. The number of halogens is 1. The number of hydrogen-bond donors (Lipinski definition) is 3. The first-order chi connectivity index (χ1) is 16.5. The summed E-state index contributed by atoms with van der Waals surface area (Å²) < 4.78 is 0. The SMILES string of the molecule is CSc1cc(Cc2cc(C(=O)NCc3cnc4[nH]cc(Cl)c4c3)ccn2)cc2c1CNC(C)=C2. The number of benzene rings is 1. The highest BCUT2D eigenvalue weighted by Gasteiger charge is 2.14. The molecule has 0 unspecified atom stereocenters. The van der Waals surface area contributed by atoms with Gasteiger partial charge in [-0.05, 0) is 65.8 Å². The molecule has 8 heteroatoms. The van der Waals surface area contributed by atoms with E-state index in [1.807, 2.05) is 12.1 Å². The fourth-order valence-electron chi connectivity index (χ4n) is 4.16. The number of aromatic amines is 1. The molecule has 0 fully saturated rings. The normalized spacial score (nSPS) is 12.7. The second-order valence-electron chi connectivity index (χ2n) is 8.32. The number of fused-ring (bicyclic) bond motifs is 2. The standard InChI is InChI=1S/C26H24ClN5OS/c1-15-5-19-6-16(9-24(34-2)22(19)13-29-15)7-20-10-18(3-4-28-20)26(33)32-12-17-8-21-23(27)14-31-25(21)30-11-17/h3-6,8-11,14,29H,7,12-13H2,1-2H3,(H,30,31)(H,32,33). The Morgan fingerprint density at radius 2 is 2.09 bits per heavy atom. The minimum atomic E-state index is -0.149. The molecule has 3 aromatic heterocycles. The smallest absolute Gasteiger partial charge is 0.251 e. The van der Waals surface area contributed by atoms with Gasteiger partial charge in [0.15, 0.2) is 0 Å². The molecule has 0 radical (unpaired) electrons. The lowest BCUT2D eigenvalue weighted by Crippen LogP contribution is -2.23. The van der Waals surface area contributed by atoms with Crippen molar-refractivity contribution >= 4 is 46.4 Å². The molecule has 172 valence electrons. The van der Waals surface area contributed by atoms with Crippen molar-refractivity contribution in [3.05, 3.63) is 93.2 Å². The van der Waals surface area contributed by atoms with Crippen LogP contribution < -0.4 is 10.6 Å². The van der Waals surface area contributed by atoms with Gasteiger partial charge in [0.25, 0.3) is 5.91 Å². The van der Waals surface area contributed by atoms with Gasteiger partial charge in [-0.15, -0.1) is 11.8 Å². The third kappa shape index (κ3) is 4.67. The van der Waals surface area contributed by atoms with Gasteiger partial charge in [-0.1, -0.05) is 17.7 Å². The number of carbonyl (C=O) groups excluding carboxylic acids is 1. The molecular formula is C26H24ClN5OS. The number of allylic oxidation sites excluding steroid dienone is 1. The van der Waals surface area contributed by atoms with E-state index in [4.69, 9.17) is 11.6 Å². The molecule has 34 heavy (non-hydrogen) atoms. The van der Waals surface area contributed by atoms with Crippen LogP contribution in [0.4, 0.5) is 0 Å². The third-order valence-corrected chi connectivity index (χ3v) is 7.01. The van der Waals surface area contributed by atoms with Crippen molar-refractivity contribution in [1.29, 1.82) is 0 Å². The van der Waals surface area contributed by atoms with E-state index in [1.54, 1.807) is 36.4 Å². The van der Waals surface area contributed by atoms with E-state index >= 15 is 0 Å². The van der Waals surface area contributed by atoms with Crippen molar-refractivity contribution in [1.82, 2.24) is 25.6 Å². The van der Waals surface area contributed by atoms with Gasteiger partial charge in [0.2, 0.25) is 0 Å². The van der Waals surface area contributed by atoms with E-state index in [0.29, 0.717) is 23.6 Å². The topological polar surface area (TPSA) is 82.7 Å². The zero-order valence-corrected chi connectivity index (χ0v) is 20.5. The molecule has 1 aliphatic heterocycles. The van der Waals surface area contributed by atoms with Gasteiger partial charge >= 0.3 is 0 Å². The second kappa shape index (κ2) is 9.52. The van der Waals surface area contributed by atoms with Gasteiger partial charge in [0.1, 0.15) is 5.65 Å². The number of nitrogens with one attached hydrogen (secondary N) is 3. The van der Waals surface area contributed by atoms with Crippen LogP contribution in [0.5, 0.6) is 0 Å². The summed E-state index contributed by atoms with van der Waals surface area (Å²) in [4.78, 5) is 26.0. The minimum absolute atomic E-state index is 0.149. The van der Waals surface area contributed by atoms with Crippen LogP contribution in [0.3, 0.4) is 0 Å². The summed E-state index contributed by atoms with van der Waals surface area (Å²) in [5, 5.41) is 7.84. The number of rotatable bonds is 6. The van der Waals surface area contributed by atoms with Crippen LogP contribution >= 0.6 is 23.4 Å². The predicted molar refractivity (Wildman–Crippen MR) is 138 cm³/mol. The highest BCUT2D eigenvalue weighted by Crippen LogP contribution is 2.30. The molecule has 4 aromatic rings. The van der Waals surface area contributed by atoms with Crippen molar-refractivity contribution in [3.63, 3.8) is 0 Å². The first-order valence-electron chi connectivity index (χ1n) is 11.0. The van der Waals surface area contributed by atoms with Crippen LogP contribution in [-0.2, 0) is 19.5 Å². The van der Waals surface area contributed by atoms with E-state index in [1.165, 1.54) is 27.3 Å². The lowest BCUT2D eigenvalue weighted by molar-refractivity contribution is 0.0950. The van der Waals surface area contributed by atoms with Crippen molar-refractivity contribution in [2.24, 2.45) is 0 Å². The maximum Gasteiger partial charge on any atom is 0.251 e. The first-order valence-corrected chi connectivity index (χ1v) is 12.6. The van der Waals surface area contributed by atoms with Crippen LogP contribution in [0.25, 0.3) is 17.1 Å². The van der Waals surface area contributed by atoms with Crippen molar-refractivity contribution in [2.45, 2.75) is 31.3 Å². The van der Waals surface area contributed by atoms with Gasteiger partial charge in [-0.25, -0.2) is 4.98 Å². The highest BCUT2D eigenvalue weighted by atomic mass is 35.5. The van der Waals surface area contributed by atoms with Crippen LogP contribution in [0, 0.1) is 0 Å². The molecule has 1 amide bonds. The Morgan fingerprint density at radius 3 is 2.94 bits per heavy atom. The van der Waals surface area contributed by atoms with Gasteiger partial charge in [-0.2, -0.15) is 0 Å². The Bertz CT molecular complexity index is 1430. The Labute approximate surface area is 207 Å². The zero-order valence-electron chi connectivity index (χ0n) is 18.9. The number of hydrogen-bond acceptors (Lipinski definition) is 5. The van der Waals surface area contributed by atoms with E-state index in [0.717, 1.165) is 28.8 Å². The van der Waals surface area contributed by atoms with Gasteiger partial charge in [0.05, 0.1) is 5.02 Å². The van der Waals surface area contributed by atoms with Crippen LogP contribution in [0.15, 0.2) is 59.5 Å². The van der Waals surface area contributed by atoms with E-state index in [-0.39, 0.29) is 5.91 Å². The van der Waals surface area contributed by atoms with Crippen LogP contribution in [0.1, 0.15) is 45.2 Å². The fourth-order valence-corrected chi connectivity index (χ4v) is 5.07. The third-order valence-electron chi connectivity index (χ3n) is 5.89. The number of thioether (sulfide) groups is 1. The monoisotopic (exact) mass is 489 g/mol. The number of nitrogens with zero attached hydrogens (tertiary/aromatic N) is 2. The van der Waals surface area contributed by atoms with Crippen molar-refractivity contribution < 1.29 is 4.79 Å². The lowest BCUT2D eigenvalue weighted by atomic mass is 9.97. The summed E-state index contributed by atoms with van der Waals surface area (Å²) in [6.45, 7) is 3.29. The molecule has 5 rings (SSSR count). The lowest BCUT2D eigenvalue weighted by Gasteiger charge is -2.20. The number of H-pyrrole nitrogens is 1. The summed E-state index contributed by atoms with van der Waals surface area (Å²) in [5.74, 6) is -0.149. The quantitative estimate of drug-likeness (QED) is 0.319. The molecule has 0 saturated heterocycles. The largest absolute Gasteiger partial charge is 0.384 e. The van der Waals surface area contributed by atoms with E-state index in [9.17, 15) is 4.79 Å². The number of pyridine rings is 2. The molecule has 1 aromatic carbocycles. The summed E-state index contributed by atoms with van der Waals surface area (Å²) in [7, 11) is 0. The predicted octanol–water partition coefficient (Wildman–Crippen LogP) is 5.32. The molecule has 1 aliphatic rings.